The predicted molar refractivity (Wildman–Crippen MR) is 76.6 cm³/mol. The lowest BCUT2D eigenvalue weighted by Crippen LogP contribution is -2.34. The van der Waals surface area contributed by atoms with Gasteiger partial charge in [0.25, 0.3) is 0 Å². The maximum atomic E-state index is 11.2. The Morgan fingerprint density at radius 2 is 1.84 bits per heavy atom. The van der Waals surface area contributed by atoms with Gasteiger partial charge >= 0.3 is 0 Å². The van der Waals surface area contributed by atoms with Gasteiger partial charge in [-0.05, 0) is 44.0 Å². The Bertz CT molecular complexity index is 390. The topological polar surface area (TPSA) is 29.5 Å². The normalized spacial score (nSPS) is 16.6. The van der Waals surface area contributed by atoms with E-state index in [0.29, 0.717) is 12.4 Å². The zero-order valence-corrected chi connectivity index (χ0v) is 11.7. The number of piperidine rings is 1. The maximum absolute atomic E-state index is 11.2. The van der Waals surface area contributed by atoms with Crippen molar-refractivity contribution in [3.8, 4) is 5.75 Å². The van der Waals surface area contributed by atoms with Gasteiger partial charge in [0, 0.05) is 25.9 Å². The third kappa shape index (κ3) is 4.67. The number of ether oxygens (including phenoxy) is 1. The van der Waals surface area contributed by atoms with Crippen LogP contribution in [0.15, 0.2) is 24.3 Å². The zero-order chi connectivity index (χ0) is 13.5. The quantitative estimate of drug-likeness (QED) is 0.788. The van der Waals surface area contributed by atoms with Crippen LogP contribution in [0.5, 0.6) is 5.75 Å². The molecule has 0 aliphatic carbocycles. The van der Waals surface area contributed by atoms with Crippen LogP contribution in [-0.2, 0) is 11.2 Å². The largest absolute Gasteiger partial charge is 0.494 e. The van der Waals surface area contributed by atoms with Crippen LogP contribution in [0.1, 0.15) is 31.7 Å². The average molecular weight is 261 g/mol. The second kappa shape index (κ2) is 7.29. The van der Waals surface area contributed by atoms with Gasteiger partial charge in [-0.1, -0.05) is 12.1 Å². The molecule has 3 nitrogen and oxygen atoms in total. The van der Waals surface area contributed by atoms with Gasteiger partial charge in [0.2, 0.25) is 0 Å². The Hall–Kier alpha value is -1.35. The Morgan fingerprint density at radius 3 is 2.47 bits per heavy atom. The summed E-state index contributed by atoms with van der Waals surface area (Å²) < 4.78 is 5.43. The van der Waals surface area contributed by atoms with Crippen molar-refractivity contribution < 1.29 is 9.53 Å². The molecule has 0 unspecified atom stereocenters. The van der Waals surface area contributed by atoms with E-state index in [9.17, 15) is 4.79 Å². The molecular formula is C16H23NO2. The summed E-state index contributed by atoms with van der Waals surface area (Å²) >= 11 is 0. The summed E-state index contributed by atoms with van der Waals surface area (Å²) in [6.45, 7) is 5.70. The molecule has 0 saturated carbocycles. The van der Waals surface area contributed by atoms with Gasteiger partial charge < -0.3 is 9.64 Å². The summed E-state index contributed by atoms with van der Waals surface area (Å²) in [4.78, 5) is 13.5. The van der Waals surface area contributed by atoms with Gasteiger partial charge in [-0.3, -0.25) is 4.79 Å². The van der Waals surface area contributed by atoms with Crippen molar-refractivity contribution in [2.45, 2.75) is 32.6 Å². The van der Waals surface area contributed by atoms with Crippen LogP contribution in [-0.4, -0.2) is 36.9 Å². The molecule has 2 rings (SSSR count). The molecular weight excluding hydrogens is 238 g/mol. The highest BCUT2D eigenvalue weighted by Crippen LogP contribution is 2.14. The Kier molecular flexibility index (Phi) is 5.40. The molecule has 0 spiro atoms. The molecule has 0 bridgehead atoms. The van der Waals surface area contributed by atoms with Crippen LogP contribution in [0, 0.1) is 0 Å². The average Bonchev–Trinajstić information content (AvgIpc) is 2.43. The molecule has 0 N–H and O–H groups in total. The molecule has 1 aromatic carbocycles. The molecule has 1 aliphatic heterocycles. The zero-order valence-electron chi connectivity index (χ0n) is 11.7. The summed E-state index contributed by atoms with van der Waals surface area (Å²) in [6.07, 6.45) is 3.73. The van der Waals surface area contributed by atoms with E-state index >= 15 is 0 Å². The first kappa shape index (κ1) is 14.1. The van der Waals surface area contributed by atoms with Gasteiger partial charge in [0.1, 0.15) is 11.5 Å². The van der Waals surface area contributed by atoms with Gasteiger partial charge in [-0.2, -0.15) is 0 Å². The van der Waals surface area contributed by atoms with Crippen molar-refractivity contribution in [1.29, 1.82) is 0 Å². The van der Waals surface area contributed by atoms with Crippen LogP contribution in [0.4, 0.5) is 0 Å². The highest BCUT2D eigenvalue weighted by Gasteiger charge is 2.15. The number of carbonyl (C=O) groups is 1. The fourth-order valence-corrected chi connectivity index (χ4v) is 2.45. The number of carbonyl (C=O) groups excluding carboxylic acids is 1. The number of hydrogen-bond donors (Lipinski definition) is 0. The number of aryl methyl sites for hydroxylation is 1. The number of rotatable bonds is 6. The molecule has 1 heterocycles. The minimum absolute atomic E-state index is 0.419. The van der Waals surface area contributed by atoms with Gasteiger partial charge in [0.15, 0.2) is 0 Å². The lowest BCUT2D eigenvalue weighted by molar-refractivity contribution is -0.121. The van der Waals surface area contributed by atoms with E-state index in [1.165, 1.54) is 5.56 Å². The third-order valence-corrected chi connectivity index (χ3v) is 3.59. The smallest absolute Gasteiger partial charge is 0.135 e. The number of nitrogens with zero attached hydrogens (tertiary/aromatic N) is 1. The van der Waals surface area contributed by atoms with E-state index in [1.807, 2.05) is 19.1 Å². The molecule has 3 heteroatoms. The minimum Gasteiger partial charge on any atom is -0.494 e. The molecule has 0 atom stereocenters. The molecule has 0 radical (unpaired) electrons. The van der Waals surface area contributed by atoms with Crippen molar-refractivity contribution in [1.82, 2.24) is 4.90 Å². The van der Waals surface area contributed by atoms with Crippen molar-refractivity contribution in [2.75, 3.05) is 26.2 Å². The Morgan fingerprint density at radius 1 is 1.16 bits per heavy atom. The lowest BCUT2D eigenvalue weighted by Gasteiger charge is -2.25. The highest BCUT2D eigenvalue weighted by molar-refractivity contribution is 5.79. The summed E-state index contributed by atoms with van der Waals surface area (Å²) in [7, 11) is 0. The van der Waals surface area contributed by atoms with Crippen LogP contribution >= 0.6 is 0 Å². The fraction of sp³-hybridized carbons (Fsp3) is 0.562. The first-order valence-electron chi connectivity index (χ1n) is 7.23. The summed E-state index contributed by atoms with van der Waals surface area (Å²) in [5.74, 6) is 1.36. The summed E-state index contributed by atoms with van der Waals surface area (Å²) in [6, 6.07) is 8.37. The molecule has 0 amide bonds. The lowest BCUT2D eigenvalue weighted by atomic mass is 10.1. The van der Waals surface area contributed by atoms with E-state index in [2.05, 4.69) is 17.0 Å². The molecule has 1 aliphatic rings. The highest BCUT2D eigenvalue weighted by atomic mass is 16.5. The molecule has 19 heavy (non-hydrogen) atoms. The standard InChI is InChI=1S/C16H23NO2/c1-2-19-16-7-5-14(6-8-16)4-3-11-17-12-9-15(18)10-13-17/h5-8H,2-4,9-13H2,1H3. The Balaban J connectivity index is 1.69. The van der Waals surface area contributed by atoms with Crippen LogP contribution in [0.3, 0.4) is 0 Å². The monoisotopic (exact) mass is 261 g/mol. The van der Waals surface area contributed by atoms with Crippen molar-refractivity contribution in [3.05, 3.63) is 29.8 Å². The van der Waals surface area contributed by atoms with Crippen LogP contribution in [0.25, 0.3) is 0 Å². The SMILES string of the molecule is CCOc1ccc(CCCN2CCC(=O)CC2)cc1. The number of Topliss-reactive ketones (excluding diaryl/α,β-unsaturated/α-hetero) is 1. The number of benzene rings is 1. The molecule has 104 valence electrons. The van der Waals surface area contributed by atoms with E-state index < -0.39 is 0 Å². The second-order valence-corrected chi connectivity index (χ2v) is 5.06. The summed E-state index contributed by atoms with van der Waals surface area (Å²) in [5.41, 5.74) is 1.36. The number of likely N-dealkylation sites (tertiary alicyclic amines) is 1. The Labute approximate surface area is 115 Å². The van der Waals surface area contributed by atoms with Crippen molar-refractivity contribution >= 4 is 5.78 Å². The van der Waals surface area contributed by atoms with Crippen molar-refractivity contribution in [3.63, 3.8) is 0 Å². The fourth-order valence-electron chi connectivity index (χ4n) is 2.45. The van der Waals surface area contributed by atoms with Gasteiger partial charge in [0.05, 0.1) is 6.61 Å². The molecule has 1 saturated heterocycles. The number of ketones is 1. The van der Waals surface area contributed by atoms with E-state index in [-0.39, 0.29) is 0 Å². The molecule has 1 fully saturated rings. The van der Waals surface area contributed by atoms with E-state index in [4.69, 9.17) is 4.74 Å². The minimum atomic E-state index is 0.419. The van der Waals surface area contributed by atoms with Crippen LogP contribution in [0.2, 0.25) is 0 Å². The van der Waals surface area contributed by atoms with E-state index in [0.717, 1.165) is 51.1 Å². The van der Waals surface area contributed by atoms with E-state index in [1.54, 1.807) is 0 Å². The first-order valence-corrected chi connectivity index (χ1v) is 7.23. The van der Waals surface area contributed by atoms with Crippen molar-refractivity contribution in [2.24, 2.45) is 0 Å². The maximum Gasteiger partial charge on any atom is 0.135 e. The second-order valence-electron chi connectivity index (χ2n) is 5.06. The van der Waals surface area contributed by atoms with Gasteiger partial charge in [-0.15, -0.1) is 0 Å². The molecule has 0 aromatic heterocycles. The number of hydrogen-bond acceptors (Lipinski definition) is 3. The summed E-state index contributed by atoms with van der Waals surface area (Å²) in [5, 5.41) is 0. The van der Waals surface area contributed by atoms with Crippen LogP contribution < -0.4 is 4.74 Å². The first-order chi connectivity index (χ1) is 9.28. The third-order valence-electron chi connectivity index (χ3n) is 3.59. The predicted octanol–water partition coefficient (Wildman–Crippen LogP) is 2.68. The van der Waals surface area contributed by atoms with Gasteiger partial charge in [-0.25, -0.2) is 0 Å². The molecule has 1 aromatic rings.